The molecule has 2 N–H and O–H groups in total. The molecule has 0 bridgehead atoms. The molecular weight excluding hydrogens is 200 g/mol. The molecule has 0 aromatic rings. The first-order valence-corrected chi connectivity index (χ1v) is 5.84. The number of alkyl halides is 2. The standard InChI is InChI=1S/C11H21F2NO/c1-2-8-5-3-4-6-9(8)14-7-10(15)11(12)13/h8-11,14-15H,2-7H2,1H3. The fourth-order valence-corrected chi connectivity index (χ4v) is 2.33. The van der Waals surface area contributed by atoms with Gasteiger partial charge in [-0.3, -0.25) is 0 Å². The van der Waals surface area contributed by atoms with Crippen molar-refractivity contribution in [2.45, 2.75) is 57.6 Å². The van der Waals surface area contributed by atoms with Crippen LogP contribution in [-0.2, 0) is 0 Å². The molecule has 0 radical (unpaired) electrons. The van der Waals surface area contributed by atoms with Crippen molar-refractivity contribution in [1.29, 1.82) is 0 Å². The first-order chi connectivity index (χ1) is 7.15. The Labute approximate surface area is 90.1 Å². The summed E-state index contributed by atoms with van der Waals surface area (Å²) in [5, 5.41) is 12.1. The molecule has 0 spiro atoms. The zero-order valence-electron chi connectivity index (χ0n) is 9.26. The van der Waals surface area contributed by atoms with Crippen LogP contribution in [0.25, 0.3) is 0 Å². The average molecular weight is 221 g/mol. The van der Waals surface area contributed by atoms with E-state index in [4.69, 9.17) is 5.11 Å². The summed E-state index contributed by atoms with van der Waals surface area (Å²) in [7, 11) is 0. The topological polar surface area (TPSA) is 32.3 Å². The molecule has 4 heteroatoms. The van der Waals surface area contributed by atoms with Gasteiger partial charge in [-0.25, -0.2) is 8.78 Å². The molecule has 15 heavy (non-hydrogen) atoms. The molecule has 0 aromatic carbocycles. The van der Waals surface area contributed by atoms with Gasteiger partial charge < -0.3 is 10.4 Å². The Morgan fingerprint density at radius 2 is 2.00 bits per heavy atom. The Hall–Kier alpha value is -0.220. The molecule has 1 fully saturated rings. The first kappa shape index (κ1) is 12.8. The van der Waals surface area contributed by atoms with Gasteiger partial charge in [-0.2, -0.15) is 0 Å². The van der Waals surface area contributed by atoms with E-state index in [-0.39, 0.29) is 6.54 Å². The van der Waals surface area contributed by atoms with E-state index < -0.39 is 12.5 Å². The van der Waals surface area contributed by atoms with Crippen LogP contribution in [0.1, 0.15) is 39.0 Å². The van der Waals surface area contributed by atoms with Crippen molar-refractivity contribution >= 4 is 0 Å². The van der Waals surface area contributed by atoms with Crippen LogP contribution in [0.4, 0.5) is 8.78 Å². The van der Waals surface area contributed by atoms with Crippen molar-refractivity contribution < 1.29 is 13.9 Å². The molecular formula is C11H21F2NO. The number of nitrogens with one attached hydrogen (secondary N) is 1. The molecule has 1 saturated carbocycles. The molecule has 3 unspecified atom stereocenters. The van der Waals surface area contributed by atoms with E-state index in [1.54, 1.807) is 0 Å². The monoisotopic (exact) mass is 221 g/mol. The minimum atomic E-state index is -2.64. The average Bonchev–Trinajstić information content (AvgIpc) is 2.26. The van der Waals surface area contributed by atoms with E-state index in [2.05, 4.69) is 12.2 Å². The Morgan fingerprint density at radius 3 is 2.60 bits per heavy atom. The lowest BCUT2D eigenvalue weighted by Gasteiger charge is -2.32. The third-order valence-corrected chi connectivity index (χ3v) is 3.31. The third kappa shape index (κ3) is 4.03. The van der Waals surface area contributed by atoms with Crippen LogP contribution in [0, 0.1) is 5.92 Å². The maximum atomic E-state index is 12.1. The van der Waals surface area contributed by atoms with Crippen molar-refractivity contribution in [3.8, 4) is 0 Å². The zero-order valence-corrected chi connectivity index (χ0v) is 9.26. The number of rotatable bonds is 5. The molecule has 1 aliphatic rings. The summed E-state index contributed by atoms with van der Waals surface area (Å²) in [5.41, 5.74) is 0. The van der Waals surface area contributed by atoms with Gasteiger partial charge in [0.15, 0.2) is 0 Å². The summed E-state index contributed by atoms with van der Waals surface area (Å²) in [4.78, 5) is 0. The van der Waals surface area contributed by atoms with Crippen molar-refractivity contribution in [2.24, 2.45) is 5.92 Å². The summed E-state index contributed by atoms with van der Waals surface area (Å²) in [5.74, 6) is 0.587. The molecule has 1 rings (SSSR count). The predicted octanol–water partition coefficient (Wildman–Crippen LogP) is 2.17. The quantitative estimate of drug-likeness (QED) is 0.745. The second-order valence-corrected chi connectivity index (χ2v) is 4.37. The molecule has 0 aromatic heterocycles. The van der Waals surface area contributed by atoms with Gasteiger partial charge in [-0.05, 0) is 18.8 Å². The second kappa shape index (κ2) is 6.38. The van der Waals surface area contributed by atoms with E-state index in [0.29, 0.717) is 12.0 Å². The van der Waals surface area contributed by atoms with Gasteiger partial charge in [-0.1, -0.05) is 26.2 Å². The lowest BCUT2D eigenvalue weighted by atomic mass is 9.83. The van der Waals surface area contributed by atoms with E-state index in [9.17, 15) is 8.78 Å². The van der Waals surface area contributed by atoms with Gasteiger partial charge >= 0.3 is 0 Å². The van der Waals surface area contributed by atoms with Crippen molar-refractivity contribution in [1.82, 2.24) is 5.32 Å². The molecule has 90 valence electrons. The van der Waals surface area contributed by atoms with Gasteiger partial charge in [0.1, 0.15) is 6.10 Å². The first-order valence-electron chi connectivity index (χ1n) is 5.84. The van der Waals surface area contributed by atoms with Gasteiger partial charge in [-0.15, -0.1) is 0 Å². The Kier molecular flexibility index (Phi) is 5.47. The highest BCUT2D eigenvalue weighted by Crippen LogP contribution is 2.26. The van der Waals surface area contributed by atoms with E-state index in [0.717, 1.165) is 12.8 Å². The van der Waals surface area contributed by atoms with Crippen LogP contribution in [0.3, 0.4) is 0 Å². The normalized spacial score (nSPS) is 29.4. The van der Waals surface area contributed by atoms with Gasteiger partial charge in [0.05, 0.1) is 0 Å². The van der Waals surface area contributed by atoms with E-state index in [1.807, 2.05) is 0 Å². The number of aliphatic hydroxyl groups is 1. The highest BCUT2D eigenvalue weighted by molar-refractivity contribution is 4.81. The minimum Gasteiger partial charge on any atom is -0.386 e. The summed E-state index contributed by atoms with van der Waals surface area (Å²) in [6.07, 6.45) is 1.56. The van der Waals surface area contributed by atoms with Gasteiger partial charge in [0.25, 0.3) is 6.43 Å². The SMILES string of the molecule is CCC1CCCCC1NCC(O)C(F)F. The van der Waals surface area contributed by atoms with Crippen LogP contribution in [-0.4, -0.2) is 30.2 Å². The Balaban J connectivity index is 2.29. The molecule has 1 aliphatic carbocycles. The third-order valence-electron chi connectivity index (χ3n) is 3.31. The fourth-order valence-electron chi connectivity index (χ4n) is 2.33. The molecule has 0 aliphatic heterocycles. The Morgan fingerprint density at radius 1 is 1.33 bits per heavy atom. The van der Waals surface area contributed by atoms with Crippen LogP contribution >= 0.6 is 0 Å². The Bertz CT molecular complexity index is 178. The number of hydrogen-bond donors (Lipinski definition) is 2. The molecule has 0 amide bonds. The van der Waals surface area contributed by atoms with Crippen molar-refractivity contribution in [3.05, 3.63) is 0 Å². The largest absolute Gasteiger partial charge is 0.386 e. The fraction of sp³-hybridized carbons (Fsp3) is 1.00. The van der Waals surface area contributed by atoms with E-state index >= 15 is 0 Å². The highest BCUT2D eigenvalue weighted by Gasteiger charge is 2.25. The van der Waals surface area contributed by atoms with E-state index in [1.165, 1.54) is 19.3 Å². The van der Waals surface area contributed by atoms with Crippen LogP contribution in [0.5, 0.6) is 0 Å². The van der Waals surface area contributed by atoms with Crippen molar-refractivity contribution in [2.75, 3.05) is 6.54 Å². The summed E-state index contributed by atoms with van der Waals surface area (Å²) in [6.45, 7) is 2.15. The van der Waals surface area contributed by atoms with Crippen LogP contribution in [0.15, 0.2) is 0 Å². The maximum absolute atomic E-state index is 12.1. The van der Waals surface area contributed by atoms with Gasteiger partial charge in [0.2, 0.25) is 0 Å². The summed E-state index contributed by atoms with van der Waals surface area (Å²) >= 11 is 0. The van der Waals surface area contributed by atoms with Crippen LogP contribution in [0.2, 0.25) is 0 Å². The summed E-state index contributed by atoms with van der Waals surface area (Å²) < 4.78 is 24.1. The molecule has 2 nitrogen and oxygen atoms in total. The predicted molar refractivity (Wildman–Crippen MR) is 56.1 cm³/mol. The molecule has 0 heterocycles. The second-order valence-electron chi connectivity index (χ2n) is 4.37. The molecule has 3 atom stereocenters. The highest BCUT2D eigenvalue weighted by atomic mass is 19.3. The maximum Gasteiger partial charge on any atom is 0.265 e. The number of aliphatic hydroxyl groups excluding tert-OH is 1. The summed E-state index contributed by atoms with van der Waals surface area (Å²) in [6, 6.07) is 0.317. The van der Waals surface area contributed by atoms with Gasteiger partial charge in [0, 0.05) is 12.6 Å². The minimum absolute atomic E-state index is 0.0127. The lowest BCUT2D eigenvalue weighted by Crippen LogP contribution is -2.43. The number of halogens is 2. The van der Waals surface area contributed by atoms with Crippen LogP contribution < -0.4 is 5.32 Å². The lowest BCUT2D eigenvalue weighted by molar-refractivity contribution is -0.00641. The van der Waals surface area contributed by atoms with Crippen molar-refractivity contribution in [3.63, 3.8) is 0 Å². The number of hydrogen-bond acceptors (Lipinski definition) is 2. The zero-order chi connectivity index (χ0) is 11.3. The smallest absolute Gasteiger partial charge is 0.265 e. The molecule has 0 saturated heterocycles.